The Bertz CT molecular complexity index is 1350. The fourth-order valence-electron chi connectivity index (χ4n) is 4.58. The number of para-hydroxylation sites is 2. The number of ether oxygens (including phenoxy) is 1. The van der Waals surface area contributed by atoms with Gasteiger partial charge in [-0.15, -0.1) is 0 Å². The van der Waals surface area contributed by atoms with Crippen LogP contribution in [0.1, 0.15) is 66.3 Å². The SMILES string of the molecule is Cc1ccc(C(C)C)c(OCCn2c(CCCCCNC(=O)c3ccccc3F)nc3ccccc32)c1. The Morgan fingerprint density at radius 1 is 1.03 bits per heavy atom. The number of unbranched alkanes of at least 4 members (excludes halogenated alkanes) is 2. The number of hydrogen-bond acceptors (Lipinski definition) is 3. The molecule has 1 amide bonds. The molecule has 0 saturated carbocycles. The van der Waals surface area contributed by atoms with Crippen LogP contribution in [-0.4, -0.2) is 28.6 Å². The molecule has 1 heterocycles. The molecule has 0 atom stereocenters. The van der Waals surface area contributed by atoms with E-state index in [1.54, 1.807) is 12.1 Å². The fourth-order valence-corrected chi connectivity index (χ4v) is 4.58. The molecule has 4 rings (SSSR count). The van der Waals surface area contributed by atoms with E-state index in [2.05, 4.69) is 54.9 Å². The molecule has 37 heavy (non-hydrogen) atoms. The summed E-state index contributed by atoms with van der Waals surface area (Å²) in [6.07, 6.45) is 3.57. The van der Waals surface area contributed by atoms with Crippen LogP contribution in [0, 0.1) is 12.7 Å². The van der Waals surface area contributed by atoms with Crippen LogP contribution < -0.4 is 10.1 Å². The van der Waals surface area contributed by atoms with Crippen LogP contribution in [0.3, 0.4) is 0 Å². The third kappa shape index (κ3) is 6.76. The fraction of sp³-hybridized carbons (Fsp3) is 0.355. The topological polar surface area (TPSA) is 56.1 Å². The van der Waals surface area contributed by atoms with Gasteiger partial charge in [-0.3, -0.25) is 4.79 Å². The van der Waals surface area contributed by atoms with E-state index in [1.165, 1.54) is 23.3 Å². The van der Waals surface area contributed by atoms with Crippen molar-refractivity contribution in [1.82, 2.24) is 14.9 Å². The first-order valence-corrected chi connectivity index (χ1v) is 13.1. The lowest BCUT2D eigenvalue weighted by atomic mass is 10.0. The van der Waals surface area contributed by atoms with Crippen LogP contribution in [0.5, 0.6) is 5.75 Å². The minimum absolute atomic E-state index is 0.0876. The van der Waals surface area contributed by atoms with Gasteiger partial charge >= 0.3 is 0 Å². The van der Waals surface area contributed by atoms with E-state index < -0.39 is 5.82 Å². The maximum Gasteiger partial charge on any atom is 0.254 e. The third-order valence-corrected chi connectivity index (χ3v) is 6.58. The van der Waals surface area contributed by atoms with E-state index in [9.17, 15) is 9.18 Å². The number of nitrogens with zero attached hydrogens (tertiary/aromatic N) is 2. The zero-order valence-electron chi connectivity index (χ0n) is 22.0. The van der Waals surface area contributed by atoms with Gasteiger partial charge in [0.15, 0.2) is 0 Å². The van der Waals surface area contributed by atoms with Gasteiger partial charge in [0.1, 0.15) is 24.0 Å². The summed E-state index contributed by atoms with van der Waals surface area (Å²) in [4.78, 5) is 17.1. The molecule has 0 aliphatic heterocycles. The predicted molar refractivity (Wildman–Crippen MR) is 147 cm³/mol. The number of aryl methyl sites for hydroxylation is 2. The monoisotopic (exact) mass is 501 g/mol. The number of halogens is 1. The molecule has 4 aromatic rings. The maximum absolute atomic E-state index is 13.8. The van der Waals surface area contributed by atoms with Crippen molar-refractivity contribution < 1.29 is 13.9 Å². The Hall–Kier alpha value is -3.67. The molecule has 5 nitrogen and oxygen atoms in total. The van der Waals surface area contributed by atoms with Crippen LogP contribution in [0.15, 0.2) is 66.7 Å². The van der Waals surface area contributed by atoms with Gasteiger partial charge in [0.25, 0.3) is 5.91 Å². The molecule has 0 unspecified atom stereocenters. The second-order valence-corrected chi connectivity index (χ2v) is 9.76. The van der Waals surface area contributed by atoms with Gasteiger partial charge in [0, 0.05) is 13.0 Å². The lowest BCUT2D eigenvalue weighted by molar-refractivity contribution is 0.0949. The normalized spacial score (nSPS) is 11.3. The molecule has 0 radical (unpaired) electrons. The molecule has 0 bridgehead atoms. The van der Waals surface area contributed by atoms with Crippen LogP contribution >= 0.6 is 0 Å². The van der Waals surface area contributed by atoms with E-state index >= 15 is 0 Å². The quantitative estimate of drug-likeness (QED) is 0.217. The molecule has 0 saturated heterocycles. The molecular formula is C31H36FN3O2. The first-order valence-electron chi connectivity index (χ1n) is 13.1. The molecule has 0 fully saturated rings. The molecule has 0 spiro atoms. The smallest absolute Gasteiger partial charge is 0.254 e. The van der Waals surface area contributed by atoms with E-state index in [0.717, 1.165) is 54.8 Å². The van der Waals surface area contributed by atoms with Gasteiger partial charge in [0.2, 0.25) is 0 Å². The Kier molecular flexibility index (Phi) is 8.94. The summed E-state index contributed by atoms with van der Waals surface area (Å²) in [5.41, 5.74) is 4.62. The van der Waals surface area contributed by atoms with E-state index in [4.69, 9.17) is 9.72 Å². The van der Waals surface area contributed by atoms with Crippen LogP contribution in [0.25, 0.3) is 11.0 Å². The Morgan fingerprint density at radius 2 is 1.81 bits per heavy atom. The second kappa shape index (κ2) is 12.5. The first kappa shape index (κ1) is 26.4. The highest BCUT2D eigenvalue weighted by molar-refractivity contribution is 5.94. The average Bonchev–Trinajstić information content (AvgIpc) is 3.23. The summed E-state index contributed by atoms with van der Waals surface area (Å²) >= 11 is 0. The number of aromatic nitrogens is 2. The summed E-state index contributed by atoms with van der Waals surface area (Å²) in [6, 6.07) is 20.7. The Morgan fingerprint density at radius 3 is 2.62 bits per heavy atom. The van der Waals surface area contributed by atoms with Gasteiger partial charge < -0.3 is 14.6 Å². The number of fused-ring (bicyclic) bond motifs is 1. The third-order valence-electron chi connectivity index (χ3n) is 6.58. The minimum atomic E-state index is -0.495. The Balaban J connectivity index is 1.31. The van der Waals surface area contributed by atoms with Gasteiger partial charge in [-0.05, 0) is 67.1 Å². The van der Waals surface area contributed by atoms with Crippen LogP contribution in [-0.2, 0) is 13.0 Å². The molecule has 0 aliphatic rings. The molecule has 6 heteroatoms. The highest BCUT2D eigenvalue weighted by atomic mass is 19.1. The summed E-state index contributed by atoms with van der Waals surface area (Å²) in [5.74, 6) is 1.54. The minimum Gasteiger partial charge on any atom is -0.491 e. The summed E-state index contributed by atoms with van der Waals surface area (Å²) in [7, 11) is 0. The van der Waals surface area contributed by atoms with Crippen molar-refractivity contribution in [3.05, 3.63) is 95.1 Å². The number of hydrogen-bond donors (Lipinski definition) is 1. The van der Waals surface area contributed by atoms with E-state index in [-0.39, 0.29) is 11.5 Å². The molecule has 0 aliphatic carbocycles. The lowest BCUT2D eigenvalue weighted by Gasteiger charge is -2.16. The number of nitrogens with one attached hydrogen (secondary N) is 1. The number of imidazole rings is 1. The van der Waals surface area contributed by atoms with Crippen molar-refractivity contribution >= 4 is 16.9 Å². The Labute approximate surface area is 218 Å². The van der Waals surface area contributed by atoms with Crippen LogP contribution in [0.2, 0.25) is 0 Å². The summed E-state index contributed by atoms with van der Waals surface area (Å²) in [5, 5.41) is 2.81. The molecule has 194 valence electrons. The van der Waals surface area contributed by atoms with E-state index in [1.807, 2.05) is 18.2 Å². The van der Waals surface area contributed by atoms with Crippen molar-refractivity contribution in [2.45, 2.75) is 58.9 Å². The second-order valence-electron chi connectivity index (χ2n) is 9.76. The molecule has 1 aromatic heterocycles. The molecule has 1 N–H and O–H groups in total. The average molecular weight is 502 g/mol. The molecule has 3 aromatic carbocycles. The highest BCUT2D eigenvalue weighted by Crippen LogP contribution is 2.28. The molecular weight excluding hydrogens is 465 g/mol. The number of carbonyl (C=O) groups excluding carboxylic acids is 1. The largest absolute Gasteiger partial charge is 0.491 e. The predicted octanol–water partition coefficient (Wildman–Crippen LogP) is 6.83. The summed E-state index contributed by atoms with van der Waals surface area (Å²) in [6.45, 7) is 8.27. The van der Waals surface area contributed by atoms with Crippen molar-refractivity contribution in [2.24, 2.45) is 0 Å². The zero-order valence-corrected chi connectivity index (χ0v) is 22.0. The van der Waals surface area contributed by atoms with Crippen molar-refractivity contribution in [3.8, 4) is 5.75 Å². The van der Waals surface area contributed by atoms with Crippen molar-refractivity contribution in [2.75, 3.05) is 13.2 Å². The van der Waals surface area contributed by atoms with Gasteiger partial charge in [-0.1, -0.05) is 56.7 Å². The number of benzene rings is 3. The van der Waals surface area contributed by atoms with Crippen LogP contribution in [0.4, 0.5) is 4.39 Å². The summed E-state index contributed by atoms with van der Waals surface area (Å²) < 4.78 is 22.3. The lowest BCUT2D eigenvalue weighted by Crippen LogP contribution is -2.25. The van der Waals surface area contributed by atoms with Gasteiger partial charge in [-0.2, -0.15) is 0 Å². The zero-order chi connectivity index (χ0) is 26.2. The number of carbonyl (C=O) groups is 1. The van der Waals surface area contributed by atoms with Crippen molar-refractivity contribution in [1.29, 1.82) is 0 Å². The standard InChI is InChI=1S/C31H36FN3O2/c1-22(2)24-17-16-23(3)21-29(24)37-20-19-35-28-14-9-8-13-27(28)34-30(35)15-5-4-10-18-33-31(36)25-11-6-7-12-26(25)32/h6-9,11-14,16-17,21-22H,4-5,10,15,18-20H2,1-3H3,(H,33,36). The number of amides is 1. The van der Waals surface area contributed by atoms with Crippen molar-refractivity contribution in [3.63, 3.8) is 0 Å². The van der Waals surface area contributed by atoms with Gasteiger partial charge in [0.05, 0.1) is 23.1 Å². The first-order chi connectivity index (χ1) is 17.9. The highest BCUT2D eigenvalue weighted by Gasteiger charge is 2.13. The van der Waals surface area contributed by atoms with E-state index in [0.29, 0.717) is 19.1 Å². The van der Waals surface area contributed by atoms with Gasteiger partial charge in [-0.25, -0.2) is 9.37 Å². The number of rotatable bonds is 12. The maximum atomic E-state index is 13.8.